The van der Waals surface area contributed by atoms with Gasteiger partial charge in [-0.15, -0.1) is 0 Å². The molecule has 3 aromatic rings. The second-order valence-electron chi connectivity index (χ2n) is 5.80. The van der Waals surface area contributed by atoms with E-state index in [1.165, 1.54) is 6.33 Å². The molecule has 2 heterocycles. The van der Waals surface area contributed by atoms with Gasteiger partial charge in [0.2, 0.25) is 0 Å². The standard InChI is InChI=1S/C18H21ClN3O2S/c1-23-15-7-5-4-6-13(15)14-10-22(12-24-8-9-25(2)3)18-16(14)17(19)20-11-21-18/h4-7,10-11H,8-9,12H2,1-3H3/q+1. The van der Waals surface area contributed by atoms with E-state index in [2.05, 4.69) is 22.5 Å². The number of rotatable bonds is 7. The minimum absolute atomic E-state index is 0.369. The van der Waals surface area contributed by atoms with Gasteiger partial charge in [0.15, 0.2) is 0 Å². The predicted molar refractivity (Wildman–Crippen MR) is 105 cm³/mol. The highest BCUT2D eigenvalue weighted by Gasteiger charge is 2.18. The van der Waals surface area contributed by atoms with Gasteiger partial charge in [-0.2, -0.15) is 0 Å². The minimum Gasteiger partial charge on any atom is -0.496 e. The van der Waals surface area contributed by atoms with Crippen molar-refractivity contribution in [3.63, 3.8) is 0 Å². The van der Waals surface area contributed by atoms with E-state index >= 15 is 0 Å². The Bertz CT molecular complexity index is 867. The largest absolute Gasteiger partial charge is 0.496 e. The van der Waals surface area contributed by atoms with Crippen LogP contribution in [0, 0.1) is 0 Å². The van der Waals surface area contributed by atoms with Gasteiger partial charge in [-0.1, -0.05) is 29.8 Å². The Labute approximate surface area is 155 Å². The number of benzene rings is 1. The number of aromatic nitrogens is 3. The summed E-state index contributed by atoms with van der Waals surface area (Å²) in [5, 5.41) is 1.23. The zero-order valence-electron chi connectivity index (χ0n) is 14.5. The molecular weight excluding hydrogens is 358 g/mol. The van der Waals surface area contributed by atoms with Crippen molar-refractivity contribution >= 4 is 33.5 Å². The van der Waals surface area contributed by atoms with Crippen molar-refractivity contribution in [3.8, 4) is 16.9 Å². The van der Waals surface area contributed by atoms with E-state index in [-0.39, 0.29) is 0 Å². The van der Waals surface area contributed by atoms with Crippen molar-refractivity contribution < 1.29 is 9.47 Å². The predicted octanol–water partition coefficient (Wildman–Crippen LogP) is 3.61. The topological polar surface area (TPSA) is 49.2 Å². The van der Waals surface area contributed by atoms with Crippen LogP contribution in [0.4, 0.5) is 0 Å². The van der Waals surface area contributed by atoms with E-state index in [4.69, 9.17) is 21.1 Å². The van der Waals surface area contributed by atoms with Crippen LogP contribution in [0.5, 0.6) is 5.75 Å². The van der Waals surface area contributed by atoms with Gasteiger partial charge in [-0.3, -0.25) is 0 Å². The summed E-state index contributed by atoms with van der Waals surface area (Å²) in [7, 11) is 2.03. The van der Waals surface area contributed by atoms with E-state index in [1.807, 2.05) is 35.0 Å². The summed E-state index contributed by atoms with van der Waals surface area (Å²) in [5.74, 6) is 1.83. The zero-order valence-corrected chi connectivity index (χ0v) is 16.1. The van der Waals surface area contributed by atoms with Gasteiger partial charge >= 0.3 is 0 Å². The van der Waals surface area contributed by atoms with Crippen LogP contribution in [0.1, 0.15) is 0 Å². The van der Waals surface area contributed by atoms with E-state index < -0.39 is 0 Å². The fourth-order valence-electron chi connectivity index (χ4n) is 2.64. The third-order valence-corrected chi connectivity index (χ3v) is 5.14. The molecule has 0 spiro atoms. The summed E-state index contributed by atoms with van der Waals surface area (Å²) in [5.41, 5.74) is 2.65. The summed E-state index contributed by atoms with van der Waals surface area (Å²) in [6.07, 6.45) is 7.89. The van der Waals surface area contributed by atoms with Crippen LogP contribution in [0.25, 0.3) is 22.2 Å². The second kappa shape index (κ2) is 8.08. The van der Waals surface area contributed by atoms with E-state index in [1.54, 1.807) is 7.11 Å². The molecule has 0 aliphatic carbocycles. The van der Waals surface area contributed by atoms with Gasteiger partial charge in [0.05, 0.1) is 31.6 Å². The van der Waals surface area contributed by atoms with Gasteiger partial charge in [-0.05, 0) is 17.0 Å². The molecule has 0 unspecified atom stereocenters. The van der Waals surface area contributed by atoms with Crippen LogP contribution in [0.15, 0.2) is 36.8 Å². The lowest BCUT2D eigenvalue weighted by atomic mass is 10.1. The Hall–Kier alpha value is -1.76. The van der Waals surface area contributed by atoms with E-state index in [0.29, 0.717) is 22.8 Å². The number of hydrogen-bond donors (Lipinski definition) is 0. The summed E-state index contributed by atoms with van der Waals surface area (Å²) in [6, 6.07) is 7.84. The molecule has 0 fully saturated rings. The van der Waals surface area contributed by atoms with Gasteiger partial charge in [-0.25, -0.2) is 9.97 Å². The molecule has 132 valence electrons. The molecule has 0 saturated carbocycles. The van der Waals surface area contributed by atoms with E-state index in [9.17, 15) is 0 Å². The first-order valence-corrected chi connectivity index (χ1v) is 10.4. The van der Waals surface area contributed by atoms with Crippen molar-refractivity contribution in [1.29, 1.82) is 0 Å². The van der Waals surface area contributed by atoms with Crippen molar-refractivity contribution in [1.82, 2.24) is 14.5 Å². The lowest BCUT2D eigenvalue weighted by Crippen LogP contribution is -2.11. The number of fused-ring (bicyclic) bond motifs is 1. The molecule has 0 N–H and O–H groups in total. The quantitative estimate of drug-likeness (QED) is 0.358. The number of methoxy groups -OCH3 is 1. The van der Waals surface area contributed by atoms with Crippen molar-refractivity contribution in [2.75, 3.05) is 32.0 Å². The number of nitrogens with zero attached hydrogens (tertiary/aromatic N) is 3. The van der Waals surface area contributed by atoms with Crippen LogP contribution in [-0.2, 0) is 22.4 Å². The maximum atomic E-state index is 6.38. The maximum absolute atomic E-state index is 6.38. The van der Waals surface area contributed by atoms with Crippen LogP contribution in [0.3, 0.4) is 0 Å². The molecule has 0 atom stereocenters. The fourth-order valence-corrected chi connectivity index (χ4v) is 3.33. The Morgan fingerprint density at radius 2 is 1.96 bits per heavy atom. The molecule has 0 saturated heterocycles. The normalized spacial score (nSPS) is 11.4. The molecular formula is C18H21ClN3O2S+. The Kier molecular flexibility index (Phi) is 5.83. The number of halogens is 1. The monoisotopic (exact) mass is 378 g/mol. The maximum Gasteiger partial charge on any atom is 0.147 e. The Morgan fingerprint density at radius 1 is 1.16 bits per heavy atom. The summed E-state index contributed by atoms with van der Waals surface area (Å²) >= 11 is 6.38. The molecule has 2 aromatic heterocycles. The van der Waals surface area contributed by atoms with Crippen LogP contribution < -0.4 is 4.74 Å². The highest BCUT2D eigenvalue weighted by molar-refractivity contribution is 7.95. The molecule has 0 aliphatic heterocycles. The zero-order chi connectivity index (χ0) is 17.8. The lowest BCUT2D eigenvalue weighted by molar-refractivity contribution is 0.0925. The van der Waals surface area contributed by atoms with Crippen LogP contribution in [-0.4, -0.2) is 46.5 Å². The summed E-state index contributed by atoms with van der Waals surface area (Å²) in [4.78, 5) is 8.55. The lowest BCUT2D eigenvalue weighted by Gasteiger charge is -2.07. The number of hydrogen-bond acceptors (Lipinski definition) is 4. The molecule has 0 bridgehead atoms. The molecule has 5 nitrogen and oxygen atoms in total. The average Bonchev–Trinajstić information content (AvgIpc) is 2.98. The molecule has 0 radical (unpaired) electrons. The SMILES string of the molecule is COc1ccccc1-c1cn(COCC[S+](C)C)c2ncnc(Cl)c12. The fraction of sp³-hybridized carbons (Fsp3) is 0.333. The van der Waals surface area contributed by atoms with E-state index in [0.717, 1.165) is 40.3 Å². The summed E-state index contributed by atoms with van der Waals surface area (Å²) < 4.78 is 13.3. The van der Waals surface area contributed by atoms with Gasteiger partial charge < -0.3 is 14.0 Å². The molecule has 1 aromatic carbocycles. The Morgan fingerprint density at radius 3 is 2.72 bits per heavy atom. The van der Waals surface area contributed by atoms with Gasteiger partial charge in [0, 0.05) is 17.3 Å². The highest BCUT2D eigenvalue weighted by Crippen LogP contribution is 2.37. The first-order chi connectivity index (χ1) is 12.1. The number of ether oxygens (including phenoxy) is 2. The number of para-hydroxylation sites is 1. The van der Waals surface area contributed by atoms with Crippen LogP contribution in [0.2, 0.25) is 5.15 Å². The van der Waals surface area contributed by atoms with Crippen LogP contribution >= 0.6 is 11.6 Å². The molecule has 0 amide bonds. The Balaban J connectivity index is 2.01. The highest BCUT2D eigenvalue weighted by atomic mass is 35.5. The van der Waals surface area contributed by atoms with Crippen molar-refractivity contribution in [2.24, 2.45) is 0 Å². The third-order valence-electron chi connectivity index (χ3n) is 3.87. The summed E-state index contributed by atoms with van der Waals surface area (Å²) in [6.45, 7) is 1.15. The van der Waals surface area contributed by atoms with Crippen molar-refractivity contribution in [2.45, 2.75) is 6.73 Å². The van der Waals surface area contributed by atoms with Gasteiger partial charge in [0.25, 0.3) is 0 Å². The molecule has 3 rings (SSSR count). The third kappa shape index (κ3) is 3.92. The molecule has 25 heavy (non-hydrogen) atoms. The molecule has 0 aliphatic rings. The molecule has 7 heteroatoms. The smallest absolute Gasteiger partial charge is 0.147 e. The second-order valence-corrected chi connectivity index (χ2v) is 8.54. The average molecular weight is 379 g/mol. The van der Waals surface area contributed by atoms with Gasteiger partial charge in [0.1, 0.15) is 35.4 Å². The minimum atomic E-state index is 0.369. The first kappa shape index (κ1) is 18.0. The first-order valence-electron chi connectivity index (χ1n) is 7.86. The van der Waals surface area contributed by atoms with Crippen molar-refractivity contribution in [3.05, 3.63) is 41.9 Å².